The van der Waals surface area contributed by atoms with Crippen molar-refractivity contribution in [1.29, 1.82) is 0 Å². The third-order valence-electron chi connectivity index (χ3n) is 5.74. The number of nitrogens with one attached hydrogen (secondary N) is 2. The van der Waals surface area contributed by atoms with Crippen LogP contribution in [0.5, 0.6) is 0 Å². The van der Waals surface area contributed by atoms with E-state index in [4.69, 9.17) is 4.74 Å². The highest BCUT2D eigenvalue weighted by atomic mass is 32.2. The van der Waals surface area contributed by atoms with Crippen LogP contribution < -0.4 is 10.0 Å². The maximum atomic E-state index is 12.4. The van der Waals surface area contributed by atoms with Crippen LogP contribution in [0.1, 0.15) is 44.1 Å². The maximum absolute atomic E-state index is 12.4. The Balaban J connectivity index is 1.47. The normalized spacial score (nSPS) is 25.9. The fourth-order valence-electron chi connectivity index (χ4n) is 3.77. The van der Waals surface area contributed by atoms with Crippen LogP contribution in [0.4, 0.5) is 0 Å². The van der Waals surface area contributed by atoms with E-state index < -0.39 is 16.1 Å². The van der Waals surface area contributed by atoms with Crippen molar-refractivity contribution >= 4 is 15.9 Å². The minimum absolute atomic E-state index is 0.0581. The van der Waals surface area contributed by atoms with Crippen LogP contribution in [0.3, 0.4) is 0 Å². The van der Waals surface area contributed by atoms with Gasteiger partial charge >= 0.3 is 0 Å². The molecular formula is C20H30N2O5S. The van der Waals surface area contributed by atoms with Gasteiger partial charge in [-0.15, -0.1) is 0 Å². The van der Waals surface area contributed by atoms with Crippen LogP contribution in [-0.4, -0.2) is 50.8 Å². The monoisotopic (exact) mass is 410 g/mol. The Bertz CT molecular complexity index is 779. The summed E-state index contributed by atoms with van der Waals surface area (Å²) in [7, 11) is -3.56. The number of sulfonamides is 1. The molecule has 1 aromatic carbocycles. The molecule has 3 rings (SSSR count). The zero-order valence-electron chi connectivity index (χ0n) is 16.3. The molecule has 0 unspecified atom stereocenters. The van der Waals surface area contributed by atoms with Crippen molar-refractivity contribution in [2.24, 2.45) is 5.92 Å². The van der Waals surface area contributed by atoms with Gasteiger partial charge in [0.05, 0.1) is 23.6 Å². The zero-order valence-corrected chi connectivity index (χ0v) is 17.1. The predicted molar refractivity (Wildman–Crippen MR) is 105 cm³/mol. The van der Waals surface area contributed by atoms with Crippen LogP contribution in [0.25, 0.3) is 0 Å². The summed E-state index contributed by atoms with van der Waals surface area (Å²) < 4.78 is 33.4. The van der Waals surface area contributed by atoms with E-state index in [1.807, 2.05) is 0 Å². The molecule has 2 aliphatic rings. The number of carbonyl (C=O) groups excluding carboxylic acids is 1. The molecule has 0 aromatic heterocycles. The van der Waals surface area contributed by atoms with E-state index in [-0.39, 0.29) is 42.0 Å². The first kappa shape index (κ1) is 21.2. The van der Waals surface area contributed by atoms with Crippen LogP contribution in [0.2, 0.25) is 0 Å². The fourth-order valence-corrected chi connectivity index (χ4v) is 5.06. The van der Waals surface area contributed by atoms with E-state index in [0.717, 1.165) is 32.1 Å². The second-order valence-corrected chi connectivity index (χ2v) is 9.49. The smallest absolute Gasteiger partial charge is 0.240 e. The van der Waals surface area contributed by atoms with E-state index in [9.17, 15) is 18.3 Å². The first-order valence-electron chi connectivity index (χ1n) is 10.0. The highest BCUT2D eigenvalue weighted by molar-refractivity contribution is 7.89. The summed E-state index contributed by atoms with van der Waals surface area (Å²) in [4.78, 5) is 12.4. The molecule has 0 radical (unpaired) electrons. The van der Waals surface area contributed by atoms with E-state index in [1.165, 1.54) is 0 Å². The van der Waals surface area contributed by atoms with Gasteiger partial charge in [-0.2, -0.15) is 0 Å². The molecule has 1 aromatic rings. The third-order valence-corrected chi connectivity index (χ3v) is 7.36. The van der Waals surface area contributed by atoms with E-state index in [1.54, 1.807) is 31.2 Å². The average Bonchev–Trinajstić information content (AvgIpc) is 2.61. The van der Waals surface area contributed by atoms with Gasteiger partial charge in [0.2, 0.25) is 15.9 Å². The van der Waals surface area contributed by atoms with Crippen molar-refractivity contribution < 1.29 is 23.1 Å². The molecule has 1 aliphatic carbocycles. The lowest BCUT2D eigenvalue weighted by Gasteiger charge is -2.37. The van der Waals surface area contributed by atoms with Crippen molar-refractivity contribution in [2.45, 2.75) is 68.6 Å². The second-order valence-electron chi connectivity index (χ2n) is 7.75. The summed E-state index contributed by atoms with van der Waals surface area (Å²) in [6, 6.07) is 6.68. The van der Waals surface area contributed by atoms with Gasteiger partial charge in [-0.05, 0) is 50.7 Å². The van der Waals surface area contributed by atoms with Crippen molar-refractivity contribution in [3.8, 4) is 0 Å². The summed E-state index contributed by atoms with van der Waals surface area (Å²) in [5.74, 6) is 0.163. The van der Waals surface area contributed by atoms with Gasteiger partial charge < -0.3 is 15.2 Å². The molecule has 3 atom stereocenters. The van der Waals surface area contributed by atoms with E-state index >= 15 is 0 Å². The summed E-state index contributed by atoms with van der Waals surface area (Å²) >= 11 is 0. The number of ether oxygens (including phenoxy) is 1. The Hall–Kier alpha value is -1.48. The average molecular weight is 411 g/mol. The van der Waals surface area contributed by atoms with Gasteiger partial charge in [-0.3, -0.25) is 4.79 Å². The molecule has 0 bridgehead atoms. The summed E-state index contributed by atoms with van der Waals surface area (Å²) in [6.45, 7) is 1.86. The zero-order chi connectivity index (χ0) is 20.1. The number of hydrogen-bond donors (Lipinski definition) is 3. The Morgan fingerprint density at radius 2 is 1.96 bits per heavy atom. The summed E-state index contributed by atoms with van der Waals surface area (Å²) in [5, 5.41) is 12.7. The van der Waals surface area contributed by atoms with Gasteiger partial charge in [0.1, 0.15) is 6.10 Å². The minimum atomic E-state index is -3.56. The van der Waals surface area contributed by atoms with Crippen molar-refractivity contribution in [2.75, 3.05) is 13.2 Å². The molecular weight excluding hydrogens is 380 g/mol. The van der Waals surface area contributed by atoms with Gasteiger partial charge in [-0.1, -0.05) is 24.6 Å². The first-order chi connectivity index (χ1) is 13.4. The maximum Gasteiger partial charge on any atom is 0.240 e. The lowest BCUT2D eigenvalue weighted by molar-refractivity contribution is -0.134. The Labute approximate surface area is 166 Å². The Morgan fingerprint density at radius 3 is 2.61 bits per heavy atom. The topological polar surface area (TPSA) is 105 Å². The largest absolute Gasteiger partial charge is 0.394 e. The predicted octanol–water partition coefficient (Wildman–Crippen LogP) is 1.49. The number of rotatable bonds is 8. The number of carbonyl (C=O) groups is 1. The molecule has 1 aliphatic heterocycles. The van der Waals surface area contributed by atoms with E-state index in [2.05, 4.69) is 10.0 Å². The molecule has 1 saturated carbocycles. The number of benzene rings is 1. The minimum Gasteiger partial charge on any atom is -0.394 e. The lowest BCUT2D eigenvalue weighted by atomic mass is 9.84. The third kappa shape index (κ3) is 5.11. The SMILES string of the molecule is Cc1ccccc1S(=O)(=O)NCC[C@@H]1CC[C@@H](NC(=O)C2CCC2)[C@H](CO)O1. The lowest BCUT2D eigenvalue weighted by Crippen LogP contribution is -2.53. The number of aliphatic hydroxyl groups excluding tert-OH is 1. The number of aryl methyl sites for hydroxylation is 1. The second kappa shape index (κ2) is 9.35. The molecule has 3 N–H and O–H groups in total. The number of hydrogen-bond acceptors (Lipinski definition) is 5. The molecule has 156 valence electrons. The molecule has 8 heteroatoms. The molecule has 2 fully saturated rings. The molecule has 1 amide bonds. The van der Waals surface area contributed by atoms with Crippen molar-refractivity contribution in [1.82, 2.24) is 10.0 Å². The molecule has 1 saturated heterocycles. The summed E-state index contributed by atoms with van der Waals surface area (Å²) in [5.41, 5.74) is 0.703. The van der Waals surface area contributed by atoms with Gasteiger partial charge in [0.25, 0.3) is 0 Å². The number of amides is 1. The molecule has 0 spiro atoms. The van der Waals surface area contributed by atoms with Crippen molar-refractivity contribution in [3.63, 3.8) is 0 Å². The molecule has 1 heterocycles. The highest BCUT2D eigenvalue weighted by Crippen LogP contribution is 2.28. The van der Waals surface area contributed by atoms with Gasteiger partial charge in [0, 0.05) is 12.5 Å². The van der Waals surface area contributed by atoms with Gasteiger partial charge in [0.15, 0.2) is 0 Å². The van der Waals surface area contributed by atoms with Crippen molar-refractivity contribution in [3.05, 3.63) is 29.8 Å². The van der Waals surface area contributed by atoms with Crippen LogP contribution in [0.15, 0.2) is 29.2 Å². The quantitative estimate of drug-likeness (QED) is 0.602. The fraction of sp³-hybridized carbons (Fsp3) is 0.650. The Morgan fingerprint density at radius 1 is 1.21 bits per heavy atom. The van der Waals surface area contributed by atoms with Crippen LogP contribution in [0, 0.1) is 12.8 Å². The van der Waals surface area contributed by atoms with Crippen LogP contribution >= 0.6 is 0 Å². The standard InChI is InChI=1S/C20H30N2O5S/c1-14-5-2-3-8-19(14)28(25,26)21-12-11-16-9-10-17(18(13-23)27-16)22-20(24)15-6-4-7-15/h2-3,5,8,15-18,21,23H,4,6-7,9-13H2,1H3,(H,22,24)/t16-,17+,18-/m0/s1. The molecule has 7 nitrogen and oxygen atoms in total. The number of aliphatic hydroxyl groups is 1. The Kier molecular flexibility index (Phi) is 7.09. The first-order valence-corrected chi connectivity index (χ1v) is 11.5. The highest BCUT2D eigenvalue weighted by Gasteiger charge is 2.34. The molecule has 28 heavy (non-hydrogen) atoms. The summed E-state index contributed by atoms with van der Waals surface area (Å²) in [6.07, 6.45) is 4.34. The van der Waals surface area contributed by atoms with E-state index in [0.29, 0.717) is 12.0 Å². The van der Waals surface area contributed by atoms with Gasteiger partial charge in [-0.25, -0.2) is 13.1 Å². The van der Waals surface area contributed by atoms with Crippen LogP contribution in [-0.2, 0) is 19.6 Å².